The van der Waals surface area contributed by atoms with Gasteiger partial charge >= 0.3 is 0 Å². The number of likely N-dealkylation sites (N-methyl/N-ethyl adjacent to an activating group) is 1. The third-order valence-corrected chi connectivity index (χ3v) is 12.2. The maximum absolute atomic E-state index is 14.0. The molecule has 16 atom stereocenters. The van der Waals surface area contributed by atoms with E-state index in [4.69, 9.17) is 23.7 Å². The van der Waals surface area contributed by atoms with Crippen molar-refractivity contribution in [3.05, 3.63) is 0 Å². The van der Waals surface area contributed by atoms with Crippen molar-refractivity contribution in [2.45, 2.75) is 162 Å². The highest BCUT2D eigenvalue weighted by atomic mass is 16.7. The number of unbranched alkanes of at least 4 members (excludes halogenated alkanes) is 3. The molecule has 24 nitrogen and oxygen atoms in total. The minimum atomic E-state index is -1.71. The SMILES string of the molecule is CNCC(=O)CC(=O)CCCCC(=O)CCCCC[C@@H](C(=O)NCCO[C@H]1O[C@H](CO)[C@@H](O)[C@H](O)[C@@H]1O)N(CCO[C@H]1O[C@H](CO)[C@@H](O)[C@H](O)[C@@H]1O)CCO[C@H]1C[C@H](CO)[C@@H](O)[C@H](O)[C@@H]1O. The third-order valence-electron chi connectivity index (χ3n) is 12.2. The Morgan fingerprint density at radius 2 is 1.11 bits per heavy atom. The highest BCUT2D eigenvalue weighted by Crippen LogP contribution is 2.28. The van der Waals surface area contributed by atoms with Crippen molar-refractivity contribution >= 4 is 23.3 Å². The average molecular weight is 958 g/mol. The van der Waals surface area contributed by atoms with Gasteiger partial charge in [-0.1, -0.05) is 12.8 Å². The lowest BCUT2D eigenvalue weighted by Crippen LogP contribution is -2.59. The van der Waals surface area contributed by atoms with Gasteiger partial charge in [-0.05, 0) is 39.2 Å². The van der Waals surface area contributed by atoms with Crippen LogP contribution in [0, 0.1) is 5.92 Å². The Labute approximate surface area is 383 Å². The van der Waals surface area contributed by atoms with Crippen LogP contribution in [-0.2, 0) is 42.9 Å². The average Bonchev–Trinajstić information content (AvgIpc) is 3.29. The minimum absolute atomic E-state index is 0.00232. The summed E-state index contributed by atoms with van der Waals surface area (Å²) in [5.41, 5.74) is 0. The van der Waals surface area contributed by atoms with Crippen molar-refractivity contribution in [2.24, 2.45) is 5.92 Å². The van der Waals surface area contributed by atoms with Crippen LogP contribution < -0.4 is 10.6 Å². The standard InChI is InChI=1S/C42H75N3O21/c1-43-19-26(51)18-25(50)9-6-5-8-24(49)7-3-2-4-10-27(40(61)44-11-14-63-41-38(59)36(57)33(54)29(21-47)65-41)45(12-15-62-28-17-23(20-46)31(52)35(56)32(28)53)13-16-64-42-39(60)37(58)34(55)30(22-48)66-42/h23,27-39,41-43,46-48,52-60H,2-22H2,1H3,(H,44,61)/t23-,27+,28+,29-,30-,31-,32-,33-,34-,35+,36+,37+,38+,39+,41+,42+/m1/s1. The van der Waals surface area contributed by atoms with Crippen LogP contribution in [0.1, 0.15) is 70.6 Å². The summed E-state index contributed by atoms with van der Waals surface area (Å²) < 4.78 is 28.1. The van der Waals surface area contributed by atoms with Gasteiger partial charge in [0, 0.05) is 51.4 Å². The zero-order valence-electron chi connectivity index (χ0n) is 37.6. The zero-order valence-corrected chi connectivity index (χ0v) is 37.6. The molecule has 0 spiro atoms. The lowest BCUT2D eigenvalue weighted by molar-refractivity contribution is -0.301. The first-order valence-electron chi connectivity index (χ1n) is 22.8. The van der Waals surface area contributed by atoms with Crippen LogP contribution in [0.2, 0.25) is 0 Å². The summed E-state index contributed by atoms with van der Waals surface area (Å²) in [6, 6.07) is -0.957. The van der Waals surface area contributed by atoms with E-state index in [-0.39, 0.29) is 102 Å². The monoisotopic (exact) mass is 957 g/mol. The molecule has 0 aromatic rings. The molecule has 0 aromatic heterocycles. The van der Waals surface area contributed by atoms with E-state index in [1.807, 2.05) is 0 Å². The topological polar surface area (TPSA) is 384 Å². The van der Waals surface area contributed by atoms with Crippen LogP contribution in [0.15, 0.2) is 0 Å². The predicted octanol–water partition coefficient (Wildman–Crippen LogP) is -6.29. The molecule has 1 aliphatic carbocycles. The molecular formula is C42H75N3O21. The molecule has 0 aromatic carbocycles. The highest BCUT2D eigenvalue weighted by Gasteiger charge is 2.46. The second-order valence-corrected chi connectivity index (χ2v) is 17.2. The number of hydrogen-bond donors (Lipinski definition) is 14. The van der Waals surface area contributed by atoms with Gasteiger partial charge in [-0.3, -0.25) is 24.1 Å². The smallest absolute Gasteiger partial charge is 0.237 e. The van der Waals surface area contributed by atoms with Crippen molar-refractivity contribution in [2.75, 3.05) is 72.9 Å². The molecule has 0 radical (unpaired) electrons. The first kappa shape index (κ1) is 58.0. The third kappa shape index (κ3) is 17.9. The molecule has 2 heterocycles. The van der Waals surface area contributed by atoms with E-state index in [0.29, 0.717) is 32.1 Å². The Kier molecular flexibility index (Phi) is 26.7. The molecule has 66 heavy (non-hydrogen) atoms. The second kappa shape index (κ2) is 30.4. The first-order valence-corrected chi connectivity index (χ1v) is 22.8. The molecule has 1 saturated carbocycles. The first-order chi connectivity index (χ1) is 31.5. The Morgan fingerprint density at radius 1 is 0.591 bits per heavy atom. The number of rotatable bonds is 32. The van der Waals surface area contributed by atoms with Crippen molar-refractivity contribution < 1.29 is 104 Å². The fourth-order valence-corrected chi connectivity index (χ4v) is 8.19. The van der Waals surface area contributed by atoms with E-state index in [9.17, 15) is 80.5 Å². The summed E-state index contributed by atoms with van der Waals surface area (Å²) in [5.74, 6) is -1.70. The summed E-state index contributed by atoms with van der Waals surface area (Å²) in [4.78, 5) is 52.1. The summed E-state index contributed by atoms with van der Waals surface area (Å²) in [7, 11) is 1.62. The van der Waals surface area contributed by atoms with E-state index >= 15 is 0 Å². The fourth-order valence-electron chi connectivity index (χ4n) is 8.19. The van der Waals surface area contributed by atoms with Gasteiger partial charge in [0.05, 0.1) is 64.2 Å². The molecule has 2 saturated heterocycles. The molecular weight excluding hydrogens is 882 g/mol. The Bertz CT molecular complexity index is 1390. The van der Waals surface area contributed by atoms with Gasteiger partial charge in [-0.25, -0.2) is 0 Å². The maximum atomic E-state index is 14.0. The van der Waals surface area contributed by atoms with Gasteiger partial charge < -0.3 is 95.6 Å². The van der Waals surface area contributed by atoms with E-state index in [1.165, 1.54) is 0 Å². The molecule has 3 rings (SSSR count). The quantitative estimate of drug-likeness (QED) is 0.0220. The predicted molar refractivity (Wildman–Crippen MR) is 226 cm³/mol. The van der Waals surface area contributed by atoms with Crippen molar-refractivity contribution in [1.82, 2.24) is 15.5 Å². The van der Waals surface area contributed by atoms with E-state index in [0.717, 1.165) is 0 Å². The van der Waals surface area contributed by atoms with Crippen LogP contribution in [0.3, 0.4) is 0 Å². The number of aliphatic hydroxyl groups excluding tert-OH is 12. The lowest BCUT2D eigenvalue weighted by atomic mass is 9.81. The summed E-state index contributed by atoms with van der Waals surface area (Å²) >= 11 is 0. The number of carbonyl (C=O) groups is 4. The number of hydrogen-bond acceptors (Lipinski definition) is 23. The van der Waals surface area contributed by atoms with E-state index < -0.39 is 124 Å². The van der Waals surface area contributed by atoms with Crippen LogP contribution in [0.4, 0.5) is 0 Å². The summed E-state index contributed by atoms with van der Waals surface area (Å²) in [6.07, 6.45) is -17.8. The number of nitrogens with zero attached hydrogens (tertiary/aromatic N) is 1. The number of ketones is 3. The molecule has 14 N–H and O–H groups in total. The number of amides is 1. The molecule has 0 unspecified atom stereocenters. The molecule has 3 aliphatic rings. The summed E-state index contributed by atoms with van der Waals surface area (Å²) in [5, 5.41) is 127. The minimum Gasteiger partial charge on any atom is -0.396 e. The highest BCUT2D eigenvalue weighted by molar-refractivity contribution is 5.99. The van der Waals surface area contributed by atoms with Gasteiger partial charge in [-0.15, -0.1) is 0 Å². The maximum Gasteiger partial charge on any atom is 0.237 e. The fraction of sp³-hybridized carbons (Fsp3) is 0.905. The van der Waals surface area contributed by atoms with Crippen molar-refractivity contribution in [3.63, 3.8) is 0 Å². The van der Waals surface area contributed by atoms with E-state index in [2.05, 4.69) is 10.6 Å². The van der Waals surface area contributed by atoms with E-state index in [1.54, 1.807) is 11.9 Å². The van der Waals surface area contributed by atoms with Gasteiger partial charge in [-0.2, -0.15) is 0 Å². The number of Topliss-reactive ketones (excluding diaryl/α,β-unsaturated/α-hetero) is 3. The second-order valence-electron chi connectivity index (χ2n) is 17.2. The van der Waals surface area contributed by atoms with Gasteiger partial charge in [0.2, 0.25) is 5.91 Å². The van der Waals surface area contributed by atoms with Gasteiger partial charge in [0.25, 0.3) is 0 Å². The number of nitrogens with one attached hydrogen (secondary N) is 2. The number of carbonyl (C=O) groups excluding carboxylic acids is 4. The zero-order chi connectivity index (χ0) is 48.9. The van der Waals surface area contributed by atoms with Crippen LogP contribution >= 0.6 is 0 Å². The Balaban J connectivity index is 1.70. The Morgan fingerprint density at radius 3 is 1.65 bits per heavy atom. The normalized spacial score (nSPS) is 33.2. The Hall–Kier alpha value is -2.28. The lowest BCUT2D eigenvalue weighted by Gasteiger charge is -2.40. The van der Waals surface area contributed by atoms with Gasteiger partial charge in [0.15, 0.2) is 18.4 Å². The van der Waals surface area contributed by atoms with Crippen molar-refractivity contribution in [1.29, 1.82) is 0 Å². The molecule has 384 valence electrons. The molecule has 3 fully saturated rings. The van der Waals surface area contributed by atoms with Crippen LogP contribution in [-0.4, -0.2) is 254 Å². The molecule has 2 aliphatic heterocycles. The summed E-state index contributed by atoms with van der Waals surface area (Å²) in [6.45, 7) is -2.63. The largest absolute Gasteiger partial charge is 0.396 e. The molecule has 24 heteroatoms. The number of ether oxygens (including phenoxy) is 5. The molecule has 1 amide bonds. The van der Waals surface area contributed by atoms with Crippen molar-refractivity contribution in [3.8, 4) is 0 Å². The van der Waals surface area contributed by atoms with Crippen LogP contribution in [0.25, 0.3) is 0 Å². The van der Waals surface area contributed by atoms with Gasteiger partial charge in [0.1, 0.15) is 72.6 Å². The number of aliphatic hydroxyl groups is 12. The molecule has 0 bridgehead atoms. The van der Waals surface area contributed by atoms with Crippen LogP contribution in [0.5, 0.6) is 0 Å².